The monoisotopic (exact) mass is 461 g/mol. The van der Waals surface area contributed by atoms with Gasteiger partial charge in [-0.05, 0) is 30.3 Å². The molecule has 0 aliphatic carbocycles. The van der Waals surface area contributed by atoms with E-state index in [4.69, 9.17) is 11.6 Å². The molecule has 0 N–H and O–H groups in total. The quantitative estimate of drug-likeness (QED) is 0.581. The highest BCUT2D eigenvalue weighted by Gasteiger charge is 2.25. The molecule has 9 nitrogen and oxygen atoms in total. The van der Waals surface area contributed by atoms with Crippen LogP contribution < -0.4 is 10.5 Å². The van der Waals surface area contributed by atoms with E-state index in [1.807, 2.05) is 4.90 Å². The number of hydrogen-bond donors (Lipinski definition) is 0. The molecule has 3 heterocycles. The molecule has 0 unspecified atom stereocenters. The molecule has 1 aliphatic heterocycles. The predicted molar refractivity (Wildman–Crippen MR) is 116 cm³/mol. The first-order chi connectivity index (χ1) is 14.7. The number of anilines is 1. The van der Waals surface area contributed by atoms with Crippen molar-refractivity contribution in [2.75, 3.05) is 31.1 Å². The van der Waals surface area contributed by atoms with Gasteiger partial charge in [0.15, 0.2) is 0 Å². The second-order valence-electron chi connectivity index (χ2n) is 7.27. The molecule has 0 bridgehead atoms. The van der Waals surface area contributed by atoms with Gasteiger partial charge >= 0.3 is 0 Å². The number of hydrogen-bond acceptors (Lipinski definition) is 7. The lowest BCUT2D eigenvalue weighted by molar-refractivity contribution is -0.129. The highest BCUT2D eigenvalue weighted by atomic mass is 35.5. The Hall–Kier alpha value is -2.98. The number of aromatic nitrogens is 3. The molecular weight excluding hydrogens is 442 g/mol. The molecule has 3 aromatic rings. The molecular formula is C20H20ClN5O4S. The summed E-state index contributed by atoms with van der Waals surface area (Å²) in [4.78, 5) is 36.6. The van der Waals surface area contributed by atoms with E-state index in [-0.39, 0.29) is 15.7 Å². The first-order valence-corrected chi connectivity index (χ1v) is 11.4. The highest BCUT2D eigenvalue weighted by Crippen LogP contribution is 2.23. The van der Waals surface area contributed by atoms with Crippen LogP contribution >= 0.6 is 11.6 Å². The van der Waals surface area contributed by atoms with Crippen molar-refractivity contribution in [3.8, 4) is 0 Å². The number of sulfone groups is 1. The van der Waals surface area contributed by atoms with Crippen molar-refractivity contribution in [1.82, 2.24) is 19.4 Å². The number of carbonyl (C=O) groups excluding carboxylic acids is 1. The third-order valence-electron chi connectivity index (χ3n) is 5.32. The number of benzene rings is 1. The van der Waals surface area contributed by atoms with Gasteiger partial charge in [0, 0.05) is 56.8 Å². The van der Waals surface area contributed by atoms with E-state index >= 15 is 0 Å². The minimum absolute atomic E-state index is 0.0192. The third kappa shape index (κ3) is 3.88. The molecule has 0 saturated carbocycles. The summed E-state index contributed by atoms with van der Waals surface area (Å²) in [5.41, 5.74) is -0.340. The van der Waals surface area contributed by atoms with Crippen molar-refractivity contribution < 1.29 is 13.2 Å². The summed E-state index contributed by atoms with van der Waals surface area (Å²) in [5.74, 6) is 0.454. The van der Waals surface area contributed by atoms with Gasteiger partial charge in [-0.1, -0.05) is 11.6 Å². The van der Waals surface area contributed by atoms with Crippen LogP contribution in [-0.2, 0) is 21.7 Å². The van der Waals surface area contributed by atoms with Gasteiger partial charge in [0.2, 0.25) is 21.7 Å². The third-order valence-corrected chi connectivity index (χ3v) is 7.34. The van der Waals surface area contributed by atoms with Crippen LogP contribution in [0.15, 0.2) is 51.1 Å². The summed E-state index contributed by atoms with van der Waals surface area (Å²) in [6.45, 7) is 3.81. The molecule has 2 aromatic heterocycles. The van der Waals surface area contributed by atoms with E-state index in [9.17, 15) is 18.0 Å². The van der Waals surface area contributed by atoms with Crippen molar-refractivity contribution in [3.63, 3.8) is 0 Å². The first kappa shape index (κ1) is 21.3. The van der Waals surface area contributed by atoms with Gasteiger partial charge < -0.3 is 9.80 Å². The number of aryl methyl sites for hydroxylation is 1. The van der Waals surface area contributed by atoms with E-state index in [0.29, 0.717) is 48.2 Å². The van der Waals surface area contributed by atoms with Crippen LogP contribution in [0.1, 0.15) is 6.92 Å². The zero-order valence-electron chi connectivity index (χ0n) is 16.9. The lowest BCUT2D eigenvalue weighted by Gasteiger charge is -2.34. The summed E-state index contributed by atoms with van der Waals surface area (Å²) in [6.07, 6.45) is 1.51. The minimum Gasteiger partial charge on any atom is -0.339 e. The number of piperazine rings is 1. The van der Waals surface area contributed by atoms with Crippen molar-refractivity contribution in [2.24, 2.45) is 7.05 Å². The molecule has 1 aromatic carbocycles. The van der Waals surface area contributed by atoms with Gasteiger partial charge in [0.05, 0.1) is 4.90 Å². The van der Waals surface area contributed by atoms with Gasteiger partial charge in [-0.25, -0.2) is 13.4 Å². The van der Waals surface area contributed by atoms with Gasteiger partial charge in [-0.2, -0.15) is 4.98 Å². The Balaban J connectivity index is 1.73. The number of carbonyl (C=O) groups is 1. The van der Waals surface area contributed by atoms with Crippen LogP contribution in [0, 0.1) is 0 Å². The van der Waals surface area contributed by atoms with Crippen molar-refractivity contribution in [2.45, 2.75) is 16.7 Å². The molecule has 1 amide bonds. The van der Waals surface area contributed by atoms with E-state index in [1.165, 1.54) is 55.1 Å². The summed E-state index contributed by atoms with van der Waals surface area (Å²) < 4.78 is 27.3. The Kier molecular flexibility index (Phi) is 5.44. The average Bonchev–Trinajstić information content (AvgIpc) is 2.76. The summed E-state index contributed by atoms with van der Waals surface area (Å²) in [7, 11) is -2.56. The maximum absolute atomic E-state index is 13.0. The Bertz CT molecular complexity index is 1330. The Morgan fingerprint density at radius 1 is 1.10 bits per heavy atom. The molecule has 162 valence electrons. The molecule has 31 heavy (non-hydrogen) atoms. The van der Waals surface area contributed by atoms with E-state index < -0.39 is 15.4 Å². The molecule has 0 spiro atoms. The summed E-state index contributed by atoms with van der Waals surface area (Å²) in [6, 6.07) is 6.95. The van der Waals surface area contributed by atoms with Crippen LogP contribution in [-0.4, -0.2) is 59.9 Å². The number of halogens is 1. The fraction of sp³-hybridized carbons (Fsp3) is 0.300. The summed E-state index contributed by atoms with van der Waals surface area (Å²) >= 11 is 5.84. The molecule has 0 atom stereocenters. The molecule has 11 heteroatoms. The second-order valence-corrected chi connectivity index (χ2v) is 9.63. The van der Waals surface area contributed by atoms with Gasteiger partial charge in [0.25, 0.3) is 5.56 Å². The smallest absolute Gasteiger partial charge is 0.271 e. The minimum atomic E-state index is -4.04. The second kappa shape index (κ2) is 7.93. The predicted octanol–water partition coefficient (Wildman–Crippen LogP) is 1.48. The molecule has 1 saturated heterocycles. The number of nitrogens with zero attached hydrogens (tertiary/aromatic N) is 5. The van der Waals surface area contributed by atoms with Crippen LogP contribution in [0.25, 0.3) is 11.0 Å². The lowest BCUT2D eigenvalue weighted by Crippen LogP contribution is -2.48. The summed E-state index contributed by atoms with van der Waals surface area (Å²) in [5, 5.41) is 0.830. The van der Waals surface area contributed by atoms with Crippen LogP contribution in [0.2, 0.25) is 5.02 Å². The molecule has 4 rings (SSSR count). The normalized spacial score (nSPS) is 14.8. The molecule has 1 aliphatic rings. The average molecular weight is 462 g/mol. The molecule has 1 fully saturated rings. The zero-order valence-corrected chi connectivity index (χ0v) is 18.5. The Labute approximate surface area is 183 Å². The maximum Gasteiger partial charge on any atom is 0.271 e. The van der Waals surface area contributed by atoms with Crippen LogP contribution in [0.5, 0.6) is 0 Å². The van der Waals surface area contributed by atoms with E-state index in [1.54, 1.807) is 4.90 Å². The van der Waals surface area contributed by atoms with Gasteiger partial charge in [-0.3, -0.25) is 14.2 Å². The van der Waals surface area contributed by atoms with Gasteiger partial charge in [0.1, 0.15) is 10.5 Å². The topological polar surface area (TPSA) is 105 Å². The first-order valence-electron chi connectivity index (χ1n) is 9.56. The highest BCUT2D eigenvalue weighted by molar-refractivity contribution is 7.91. The zero-order chi connectivity index (χ0) is 22.3. The fourth-order valence-electron chi connectivity index (χ4n) is 3.52. The Morgan fingerprint density at radius 2 is 1.74 bits per heavy atom. The van der Waals surface area contributed by atoms with Crippen molar-refractivity contribution >= 4 is 44.3 Å². The molecule has 0 radical (unpaired) electrons. The van der Waals surface area contributed by atoms with Crippen LogP contribution in [0.3, 0.4) is 0 Å². The Morgan fingerprint density at radius 3 is 2.35 bits per heavy atom. The standard InChI is InChI=1S/C20H20ClN5O4S/c1-13(27)25-7-9-26(10-8-25)20-22-12-14-11-17(19(28)24(2)18(14)23-20)31(29,30)16-5-3-15(21)4-6-16/h3-6,11-12H,7-10H2,1-2H3. The number of rotatable bonds is 3. The van der Waals surface area contributed by atoms with Gasteiger partial charge in [-0.15, -0.1) is 0 Å². The SMILES string of the molecule is CC(=O)N1CCN(c2ncc3cc(S(=O)(=O)c4ccc(Cl)cc4)c(=O)n(C)c3n2)CC1. The number of amides is 1. The fourth-order valence-corrected chi connectivity index (χ4v) is 5.04. The van der Waals surface area contributed by atoms with Crippen LogP contribution in [0.4, 0.5) is 5.95 Å². The van der Waals surface area contributed by atoms with E-state index in [0.717, 1.165) is 0 Å². The lowest BCUT2D eigenvalue weighted by atomic mass is 10.3. The van der Waals surface area contributed by atoms with E-state index in [2.05, 4.69) is 9.97 Å². The largest absolute Gasteiger partial charge is 0.339 e. The number of pyridine rings is 1. The maximum atomic E-state index is 13.0. The van der Waals surface area contributed by atoms with Crippen molar-refractivity contribution in [3.05, 3.63) is 51.9 Å². The van der Waals surface area contributed by atoms with Crippen molar-refractivity contribution in [1.29, 1.82) is 0 Å². The number of fused-ring (bicyclic) bond motifs is 1.